The molecule has 4 nitrogen and oxygen atoms in total. The molecule has 2 fully saturated rings. The first-order valence-corrected chi connectivity index (χ1v) is 10.4. The van der Waals surface area contributed by atoms with Gasteiger partial charge in [0.05, 0.1) is 0 Å². The third-order valence-corrected chi connectivity index (χ3v) is 5.87. The van der Waals surface area contributed by atoms with Crippen molar-refractivity contribution >= 4 is 23.6 Å². The minimum atomic E-state index is 0.151. The quantitative estimate of drug-likeness (QED) is 0.746. The van der Waals surface area contributed by atoms with Crippen LogP contribution in [0.3, 0.4) is 0 Å². The second-order valence-corrected chi connectivity index (χ2v) is 8.65. The van der Waals surface area contributed by atoms with E-state index in [-0.39, 0.29) is 5.41 Å². The standard InChI is InChI=1S/C18H32N2O2S/c1-15(2)6-11-20-14-18(9-5-16(20)21)8-4-10-19(13-18)17(22)7-12-23-3/h15H,4-14H2,1-3H3. The second kappa shape index (κ2) is 8.41. The fraction of sp³-hybridized carbons (Fsp3) is 0.889. The first-order chi connectivity index (χ1) is 11.0. The van der Waals surface area contributed by atoms with Crippen molar-refractivity contribution in [3.05, 3.63) is 0 Å². The fourth-order valence-corrected chi connectivity index (χ4v) is 4.20. The summed E-state index contributed by atoms with van der Waals surface area (Å²) in [6.45, 7) is 7.89. The Hall–Kier alpha value is -0.710. The third-order valence-electron chi connectivity index (χ3n) is 5.26. The molecule has 0 aliphatic carbocycles. The predicted octanol–water partition coefficient (Wildman–Crippen LogP) is 3.02. The number of hydrogen-bond acceptors (Lipinski definition) is 3. The van der Waals surface area contributed by atoms with Crippen LogP contribution in [0.1, 0.15) is 52.4 Å². The minimum Gasteiger partial charge on any atom is -0.342 e. The molecule has 2 amide bonds. The fourth-order valence-electron chi connectivity index (χ4n) is 3.82. The van der Waals surface area contributed by atoms with Crippen LogP contribution in [0, 0.1) is 11.3 Å². The van der Waals surface area contributed by atoms with Gasteiger partial charge >= 0.3 is 0 Å². The number of nitrogens with zero attached hydrogens (tertiary/aromatic N) is 2. The van der Waals surface area contributed by atoms with Gasteiger partial charge in [0.15, 0.2) is 0 Å². The summed E-state index contributed by atoms with van der Waals surface area (Å²) in [5.74, 6) is 2.13. The van der Waals surface area contributed by atoms with Crippen LogP contribution in [0.5, 0.6) is 0 Å². The van der Waals surface area contributed by atoms with Crippen LogP contribution in [-0.2, 0) is 9.59 Å². The second-order valence-electron chi connectivity index (χ2n) is 7.66. The normalized spacial score (nSPS) is 25.5. The molecule has 1 atom stereocenters. The molecule has 5 heteroatoms. The molecular formula is C18H32N2O2S. The van der Waals surface area contributed by atoms with Crippen molar-refractivity contribution in [3.63, 3.8) is 0 Å². The summed E-state index contributed by atoms with van der Waals surface area (Å²) >= 11 is 1.73. The molecule has 23 heavy (non-hydrogen) atoms. The topological polar surface area (TPSA) is 40.6 Å². The molecule has 0 saturated carbocycles. The van der Waals surface area contributed by atoms with E-state index in [0.717, 1.165) is 57.6 Å². The van der Waals surface area contributed by atoms with Gasteiger partial charge in [-0.25, -0.2) is 0 Å². The van der Waals surface area contributed by atoms with Gasteiger partial charge in [-0.05, 0) is 37.9 Å². The van der Waals surface area contributed by atoms with E-state index >= 15 is 0 Å². The van der Waals surface area contributed by atoms with Crippen LogP contribution in [0.15, 0.2) is 0 Å². The molecule has 0 bridgehead atoms. The van der Waals surface area contributed by atoms with E-state index in [1.165, 1.54) is 0 Å². The van der Waals surface area contributed by atoms with Crippen LogP contribution >= 0.6 is 11.8 Å². The number of thioether (sulfide) groups is 1. The number of piperidine rings is 2. The summed E-state index contributed by atoms with van der Waals surface area (Å²) in [6.07, 6.45) is 7.61. The van der Waals surface area contributed by atoms with Crippen LogP contribution in [0.2, 0.25) is 0 Å². The smallest absolute Gasteiger partial charge is 0.223 e. The van der Waals surface area contributed by atoms with E-state index in [0.29, 0.717) is 30.6 Å². The summed E-state index contributed by atoms with van der Waals surface area (Å²) in [5.41, 5.74) is 0.151. The lowest BCUT2D eigenvalue weighted by Crippen LogP contribution is -2.55. The van der Waals surface area contributed by atoms with E-state index in [1.807, 2.05) is 6.26 Å². The monoisotopic (exact) mass is 340 g/mol. The van der Waals surface area contributed by atoms with E-state index in [1.54, 1.807) is 11.8 Å². The van der Waals surface area contributed by atoms with E-state index in [9.17, 15) is 9.59 Å². The first kappa shape index (κ1) is 18.6. The highest BCUT2D eigenvalue weighted by Gasteiger charge is 2.42. The Balaban J connectivity index is 1.96. The Labute approximate surface area is 145 Å². The molecular weight excluding hydrogens is 308 g/mol. The number of carbonyl (C=O) groups is 2. The van der Waals surface area contributed by atoms with Gasteiger partial charge in [-0.15, -0.1) is 0 Å². The molecule has 0 aromatic carbocycles. The average Bonchev–Trinajstić information content (AvgIpc) is 2.54. The lowest BCUT2D eigenvalue weighted by atomic mass is 9.73. The molecule has 2 saturated heterocycles. The first-order valence-electron chi connectivity index (χ1n) is 9.00. The zero-order chi connectivity index (χ0) is 16.9. The van der Waals surface area contributed by atoms with E-state index < -0.39 is 0 Å². The van der Waals surface area contributed by atoms with Crippen molar-refractivity contribution in [1.82, 2.24) is 9.80 Å². The average molecular weight is 341 g/mol. The highest BCUT2D eigenvalue weighted by atomic mass is 32.2. The lowest BCUT2D eigenvalue weighted by Gasteiger charge is -2.48. The Morgan fingerprint density at radius 1 is 1.30 bits per heavy atom. The maximum atomic E-state index is 12.4. The molecule has 132 valence electrons. The summed E-state index contributed by atoms with van der Waals surface area (Å²) in [5, 5.41) is 0. The van der Waals surface area contributed by atoms with Crippen molar-refractivity contribution < 1.29 is 9.59 Å². The molecule has 0 aromatic rings. The van der Waals surface area contributed by atoms with Crippen LogP contribution in [0.25, 0.3) is 0 Å². The van der Waals surface area contributed by atoms with Gasteiger partial charge in [0.25, 0.3) is 0 Å². The highest BCUT2D eigenvalue weighted by Crippen LogP contribution is 2.39. The van der Waals surface area contributed by atoms with Gasteiger partial charge in [0.1, 0.15) is 0 Å². The number of rotatable bonds is 6. The van der Waals surface area contributed by atoms with Gasteiger partial charge in [-0.2, -0.15) is 11.8 Å². The van der Waals surface area contributed by atoms with Crippen LogP contribution in [0.4, 0.5) is 0 Å². The van der Waals surface area contributed by atoms with Gasteiger partial charge in [0, 0.05) is 50.2 Å². The maximum absolute atomic E-state index is 12.4. The predicted molar refractivity (Wildman–Crippen MR) is 96.5 cm³/mol. The zero-order valence-electron chi connectivity index (χ0n) is 15.0. The molecule has 2 aliphatic heterocycles. The van der Waals surface area contributed by atoms with Crippen molar-refractivity contribution in [2.45, 2.75) is 52.4 Å². The zero-order valence-corrected chi connectivity index (χ0v) is 15.8. The SMILES string of the molecule is CSCCC(=O)N1CCCC2(CCC(=O)N(CCC(C)C)C2)C1. The van der Waals surface area contributed by atoms with Gasteiger partial charge in [-0.3, -0.25) is 9.59 Å². The number of carbonyl (C=O) groups excluding carboxylic acids is 2. The molecule has 0 aromatic heterocycles. The van der Waals surface area contributed by atoms with Crippen molar-refractivity contribution in [1.29, 1.82) is 0 Å². The van der Waals surface area contributed by atoms with Crippen LogP contribution in [-0.4, -0.2) is 59.8 Å². The van der Waals surface area contributed by atoms with Gasteiger partial charge in [-0.1, -0.05) is 13.8 Å². The molecule has 0 radical (unpaired) electrons. The molecule has 2 aliphatic rings. The Morgan fingerprint density at radius 2 is 2.09 bits per heavy atom. The molecule has 1 spiro atoms. The van der Waals surface area contributed by atoms with Gasteiger partial charge in [0.2, 0.25) is 11.8 Å². The Bertz CT molecular complexity index is 427. The molecule has 2 rings (SSSR count). The summed E-state index contributed by atoms with van der Waals surface area (Å²) in [6, 6.07) is 0. The number of amides is 2. The van der Waals surface area contributed by atoms with Crippen molar-refractivity contribution in [3.8, 4) is 0 Å². The summed E-state index contributed by atoms with van der Waals surface area (Å²) < 4.78 is 0. The summed E-state index contributed by atoms with van der Waals surface area (Å²) in [7, 11) is 0. The lowest BCUT2D eigenvalue weighted by molar-refractivity contribution is -0.143. The van der Waals surface area contributed by atoms with Crippen LogP contribution < -0.4 is 0 Å². The maximum Gasteiger partial charge on any atom is 0.223 e. The van der Waals surface area contributed by atoms with Crippen molar-refractivity contribution in [2.24, 2.45) is 11.3 Å². The van der Waals surface area contributed by atoms with E-state index in [2.05, 4.69) is 23.6 Å². The largest absolute Gasteiger partial charge is 0.342 e. The van der Waals surface area contributed by atoms with E-state index in [4.69, 9.17) is 0 Å². The summed E-state index contributed by atoms with van der Waals surface area (Å²) in [4.78, 5) is 28.7. The number of likely N-dealkylation sites (tertiary alicyclic amines) is 2. The minimum absolute atomic E-state index is 0.151. The molecule has 1 unspecified atom stereocenters. The molecule has 2 heterocycles. The highest BCUT2D eigenvalue weighted by molar-refractivity contribution is 7.98. The third kappa shape index (κ3) is 5.13. The number of hydrogen-bond donors (Lipinski definition) is 0. The Kier molecular flexibility index (Phi) is 6.81. The van der Waals surface area contributed by atoms with Crippen molar-refractivity contribution in [2.75, 3.05) is 38.2 Å². The van der Waals surface area contributed by atoms with Gasteiger partial charge < -0.3 is 9.80 Å². The Morgan fingerprint density at radius 3 is 2.78 bits per heavy atom. The molecule has 0 N–H and O–H groups in total.